The van der Waals surface area contributed by atoms with Crippen LogP contribution in [0.2, 0.25) is 0 Å². The van der Waals surface area contributed by atoms with Crippen LogP contribution in [-0.4, -0.2) is 0 Å². The van der Waals surface area contributed by atoms with Gasteiger partial charge in [0.25, 0.3) is 0 Å². The third kappa shape index (κ3) is 1.99. The molecule has 2 rings (SSSR count). The van der Waals surface area contributed by atoms with E-state index in [4.69, 9.17) is 6.58 Å². The highest BCUT2D eigenvalue weighted by atomic mass is 14.1. The Hall–Kier alpha value is -1.82. The first-order valence-corrected chi connectivity index (χ1v) is 4.99. The van der Waals surface area contributed by atoms with Crippen molar-refractivity contribution in [3.8, 4) is 0 Å². The van der Waals surface area contributed by atoms with Crippen LogP contribution in [-0.2, 0) is 0 Å². The Labute approximate surface area is 90.9 Å². The van der Waals surface area contributed by atoms with Gasteiger partial charge in [-0.2, -0.15) is 0 Å². The summed E-state index contributed by atoms with van der Waals surface area (Å²) in [7, 11) is 0. The maximum Gasteiger partial charge on any atom is -0.0000832 e. The number of hydrogen-bond donors (Lipinski definition) is 0. The summed E-state index contributed by atoms with van der Waals surface area (Å²) >= 11 is 0. The van der Waals surface area contributed by atoms with E-state index in [1.165, 1.54) is 0 Å². The Morgan fingerprint density at radius 1 is 0.867 bits per heavy atom. The molecule has 0 aliphatic carbocycles. The van der Waals surface area contributed by atoms with Crippen molar-refractivity contribution in [2.24, 2.45) is 0 Å². The van der Waals surface area contributed by atoms with Crippen LogP contribution in [0.4, 0.5) is 0 Å². The van der Waals surface area contributed by atoms with Crippen LogP contribution in [0.25, 0.3) is 5.57 Å². The first-order chi connectivity index (χ1) is 7.29. The van der Waals surface area contributed by atoms with Crippen molar-refractivity contribution in [2.75, 3.05) is 0 Å². The molecule has 0 heterocycles. The lowest BCUT2D eigenvalue weighted by atomic mass is 9.96. The smallest absolute Gasteiger partial charge is 0.0000832 e. The van der Waals surface area contributed by atoms with Crippen LogP contribution in [0.3, 0.4) is 0 Å². The van der Waals surface area contributed by atoms with Gasteiger partial charge in [0.2, 0.25) is 0 Å². The Balaban J connectivity index is 2.42. The second kappa shape index (κ2) is 4.14. The minimum Gasteiger partial charge on any atom is -0.0622 e. The molecule has 0 fully saturated rings. The van der Waals surface area contributed by atoms with E-state index in [0.29, 0.717) is 5.57 Å². The minimum atomic E-state index is 0.591. The molecule has 0 saturated heterocycles. The van der Waals surface area contributed by atoms with Crippen molar-refractivity contribution in [1.29, 1.82) is 0 Å². The maximum absolute atomic E-state index is 8.11. The first-order valence-electron chi connectivity index (χ1n) is 4.99. The molecule has 15 heavy (non-hydrogen) atoms. The summed E-state index contributed by atoms with van der Waals surface area (Å²) in [5.74, 6) is 0. The van der Waals surface area contributed by atoms with E-state index < -0.39 is 0 Å². The molecule has 2 radical (unpaired) electrons. The molecule has 2 aromatic carbocycles. The van der Waals surface area contributed by atoms with Gasteiger partial charge >= 0.3 is 0 Å². The highest BCUT2D eigenvalue weighted by Gasteiger charge is 2.03. The van der Waals surface area contributed by atoms with Gasteiger partial charge in [-0.3, -0.25) is 0 Å². The van der Waals surface area contributed by atoms with Crippen LogP contribution < -0.4 is 0 Å². The summed E-state index contributed by atoms with van der Waals surface area (Å²) in [5.41, 5.74) is 3.70. The molecule has 0 bridgehead atoms. The minimum absolute atomic E-state index is 0.591. The molecule has 0 heteroatoms. The van der Waals surface area contributed by atoms with Crippen molar-refractivity contribution >= 4 is 5.57 Å². The van der Waals surface area contributed by atoms with Gasteiger partial charge in [-0.1, -0.05) is 54.6 Å². The summed E-state index contributed by atoms with van der Waals surface area (Å²) in [6.07, 6.45) is 0. The molecule has 0 N–H and O–H groups in total. The molecule has 0 saturated carbocycles. The molecule has 0 aliphatic rings. The Morgan fingerprint density at radius 2 is 1.47 bits per heavy atom. The van der Waals surface area contributed by atoms with Crippen LogP contribution in [0, 0.1) is 13.5 Å². The molecule has 0 atom stereocenters. The van der Waals surface area contributed by atoms with Gasteiger partial charge < -0.3 is 0 Å². The van der Waals surface area contributed by atoms with Crippen molar-refractivity contribution < 1.29 is 0 Å². The summed E-state index contributed by atoms with van der Waals surface area (Å²) in [5, 5.41) is 0. The third-order valence-electron chi connectivity index (χ3n) is 2.48. The van der Waals surface area contributed by atoms with Crippen LogP contribution in [0.5, 0.6) is 0 Å². The monoisotopic (exact) mass is 192 g/mol. The molecule has 0 aromatic heterocycles. The number of hydrogen-bond acceptors (Lipinski definition) is 0. The van der Waals surface area contributed by atoms with Gasteiger partial charge in [0.1, 0.15) is 0 Å². The van der Waals surface area contributed by atoms with Gasteiger partial charge in [0, 0.05) is 0 Å². The number of aryl methyl sites for hydroxylation is 1. The lowest BCUT2D eigenvalue weighted by molar-refractivity contribution is 1.41. The largest absolute Gasteiger partial charge is 0.0622 e. The van der Waals surface area contributed by atoms with E-state index in [1.54, 1.807) is 0 Å². The summed E-state index contributed by atoms with van der Waals surface area (Å²) in [4.78, 5) is 0. The Morgan fingerprint density at radius 3 is 2.13 bits per heavy atom. The van der Waals surface area contributed by atoms with Crippen molar-refractivity contribution in [2.45, 2.75) is 6.92 Å². The van der Waals surface area contributed by atoms with Gasteiger partial charge in [-0.05, 0) is 35.8 Å². The highest BCUT2D eigenvalue weighted by Crippen LogP contribution is 2.23. The molecule has 0 spiro atoms. The average molecular weight is 192 g/mol. The van der Waals surface area contributed by atoms with E-state index in [0.717, 1.165) is 16.7 Å². The molecule has 2 aromatic rings. The zero-order valence-corrected chi connectivity index (χ0v) is 8.70. The lowest BCUT2D eigenvalue weighted by Gasteiger charge is -2.08. The maximum atomic E-state index is 8.11. The second-order valence-electron chi connectivity index (χ2n) is 3.56. The van der Waals surface area contributed by atoms with Crippen molar-refractivity contribution in [1.82, 2.24) is 0 Å². The molecule has 0 amide bonds. The van der Waals surface area contributed by atoms with E-state index in [-0.39, 0.29) is 0 Å². The topological polar surface area (TPSA) is 0 Å². The summed E-state index contributed by atoms with van der Waals surface area (Å²) in [6.45, 7) is 10.1. The Kier molecular flexibility index (Phi) is 2.68. The molecular weight excluding hydrogens is 180 g/mol. The van der Waals surface area contributed by atoms with Gasteiger partial charge in [-0.15, -0.1) is 0 Å². The SMILES string of the molecule is [C]=C(c1ccccc1)c1ccccc1C. The molecule has 0 aliphatic heterocycles. The second-order valence-corrected chi connectivity index (χ2v) is 3.56. The van der Waals surface area contributed by atoms with E-state index in [1.807, 2.05) is 61.5 Å². The molecule has 72 valence electrons. The van der Waals surface area contributed by atoms with E-state index in [9.17, 15) is 0 Å². The fourth-order valence-corrected chi connectivity index (χ4v) is 1.61. The predicted octanol–water partition coefficient (Wildman–Crippen LogP) is 3.74. The van der Waals surface area contributed by atoms with Crippen LogP contribution in [0.15, 0.2) is 54.6 Å². The zero-order valence-electron chi connectivity index (χ0n) is 8.70. The third-order valence-corrected chi connectivity index (χ3v) is 2.48. The van der Waals surface area contributed by atoms with Crippen molar-refractivity contribution in [3.63, 3.8) is 0 Å². The normalized spacial score (nSPS) is 9.93. The standard InChI is InChI=1S/C15H12/c1-12-8-6-7-11-15(12)13(2)14-9-4-3-5-10-14/h3-11H,1H3. The molecular formula is C15H12. The summed E-state index contributed by atoms with van der Waals surface area (Å²) in [6, 6.07) is 17.8. The molecule has 0 nitrogen and oxygen atoms in total. The lowest BCUT2D eigenvalue weighted by Crippen LogP contribution is -1.89. The summed E-state index contributed by atoms with van der Waals surface area (Å²) < 4.78 is 0. The number of benzene rings is 2. The first kappa shape index (κ1) is 9.72. The fourth-order valence-electron chi connectivity index (χ4n) is 1.61. The quantitative estimate of drug-likeness (QED) is 0.680. The number of rotatable bonds is 2. The highest BCUT2D eigenvalue weighted by molar-refractivity contribution is 5.78. The van der Waals surface area contributed by atoms with E-state index in [2.05, 4.69) is 0 Å². The predicted molar refractivity (Wildman–Crippen MR) is 63.4 cm³/mol. The van der Waals surface area contributed by atoms with Gasteiger partial charge in [0.05, 0.1) is 0 Å². The van der Waals surface area contributed by atoms with Gasteiger partial charge in [-0.25, -0.2) is 0 Å². The van der Waals surface area contributed by atoms with E-state index >= 15 is 0 Å². The Bertz CT molecular complexity index is 466. The van der Waals surface area contributed by atoms with Gasteiger partial charge in [0.15, 0.2) is 0 Å². The van der Waals surface area contributed by atoms with Crippen LogP contribution >= 0.6 is 0 Å². The molecule has 0 unspecified atom stereocenters. The average Bonchev–Trinajstić information content (AvgIpc) is 2.30. The van der Waals surface area contributed by atoms with Crippen molar-refractivity contribution in [3.05, 3.63) is 77.9 Å². The zero-order chi connectivity index (χ0) is 10.7. The fraction of sp³-hybridized carbons (Fsp3) is 0.0667. The van der Waals surface area contributed by atoms with Crippen LogP contribution in [0.1, 0.15) is 16.7 Å².